The highest BCUT2D eigenvalue weighted by molar-refractivity contribution is 7.89. The second-order valence-corrected chi connectivity index (χ2v) is 10.1. The van der Waals surface area contributed by atoms with Gasteiger partial charge in [0.2, 0.25) is 10.0 Å². The SMILES string of the molecule is CCN(CC)S(=O)(=O)c1ccc(CNC(=O)N2CCN(Cc3cccc(C)c3)CC2)cc1. The van der Waals surface area contributed by atoms with Gasteiger partial charge in [0, 0.05) is 52.4 Å². The molecule has 32 heavy (non-hydrogen) atoms. The molecule has 3 rings (SSSR count). The van der Waals surface area contributed by atoms with Crippen LogP contribution in [-0.2, 0) is 23.1 Å². The minimum Gasteiger partial charge on any atom is -0.334 e. The second kappa shape index (κ2) is 10.9. The van der Waals surface area contributed by atoms with Crippen LogP contribution in [0.25, 0.3) is 0 Å². The van der Waals surface area contributed by atoms with Crippen molar-refractivity contribution < 1.29 is 13.2 Å². The number of sulfonamides is 1. The summed E-state index contributed by atoms with van der Waals surface area (Å²) in [6.07, 6.45) is 0. The number of urea groups is 1. The summed E-state index contributed by atoms with van der Waals surface area (Å²) in [7, 11) is -3.46. The minimum absolute atomic E-state index is 0.0833. The van der Waals surface area contributed by atoms with Crippen LogP contribution in [0.3, 0.4) is 0 Å². The normalized spacial score (nSPS) is 15.2. The van der Waals surface area contributed by atoms with Crippen molar-refractivity contribution in [3.05, 3.63) is 65.2 Å². The van der Waals surface area contributed by atoms with Gasteiger partial charge < -0.3 is 10.2 Å². The van der Waals surface area contributed by atoms with Crippen molar-refractivity contribution in [3.8, 4) is 0 Å². The first-order valence-corrected chi connectivity index (χ1v) is 12.7. The number of nitrogens with zero attached hydrogens (tertiary/aromatic N) is 3. The fraction of sp³-hybridized carbons (Fsp3) is 0.458. The lowest BCUT2D eigenvalue weighted by molar-refractivity contribution is 0.135. The summed E-state index contributed by atoms with van der Waals surface area (Å²) in [6.45, 7) is 11.0. The van der Waals surface area contributed by atoms with Crippen molar-refractivity contribution in [2.45, 2.75) is 38.8 Å². The largest absolute Gasteiger partial charge is 0.334 e. The molecular weight excluding hydrogens is 424 g/mol. The van der Waals surface area contributed by atoms with Crippen molar-refractivity contribution in [2.24, 2.45) is 0 Å². The summed E-state index contributed by atoms with van der Waals surface area (Å²) in [5, 5.41) is 2.95. The third-order valence-corrected chi connectivity index (χ3v) is 7.92. The van der Waals surface area contributed by atoms with Gasteiger partial charge in [-0.05, 0) is 30.2 Å². The number of hydrogen-bond acceptors (Lipinski definition) is 4. The Morgan fingerprint density at radius 3 is 2.22 bits per heavy atom. The molecule has 0 saturated carbocycles. The van der Waals surface area contributed by atoms with Gasteiger partial charge >= 0.3 is 6.03 Å². The number of hydrogen-bond donors (Lipinski definition) is 1. The number of carbonyl (C=O) groups is 1. The van der Waals surface area contributed by atoms with E-state index >= 15 is 0 Å². The third kappa shape index (κ3) is 6.09. The van der Waals surface area contributed by atoms with Gasteiger partial charge in [0.25, 0.3) is 0 Å². The summed E-state index contributed by atoms with van der Waals surface area (Å²) < 4.78 is 26.6. The van der Waals surface area contributed by atoms with Crippen LogP contribution < -0.4 is 5.32 Å². The highest BCUT2D eigenvalue weighted by Crippen LogP contribution is 2.16. The smallest absolute Gasteiger partial charge is 0.317 e. The quantitative estimate of drug-likeness (QED) is 0.660. The van der Waals surface area contributed by atoms with Crippen LogP contribution in [0.2, 0.25) is 0 Å². The number of rotatable bonds is 8. The van der Waals surface area contributed by atoms with E-state index in [1.165, 1.54) is 15.4 Å². The van der Waals surface area contributed by atoms with Gasteiger partial charge in [0.05, 0.1) is 4.90 Å². The molecule has 0 aromatic heterocycles. The summed E-state index contributed by atoms with van der Waals surface area (Å²) in [5.74, 6) is 0. The van der Waals surface area contributed by atoms with Crippen molar-refractivity contribution in [1.29, 1.82) is 0 Å². The summed E-state index contributed by atoms with van der Waals surface area (Å²) in [5.41, 5.74) is 3.43. The Hall–Kier alpha value is -2.42. The van der Waals surface area contributed by atoms with Gasteiger partial charge in [-0.1, -0.05) is 55.8 Å². The molecule has 0 aliphatic carbocycles. The number of benzene rings is 2. The first-order valence-electron chi connectivity index (χ1n) is 11.2. The Morgan fingerprint density at radius 2 is 1.62 bits per heavy atom. The van der Waals surface area contributed by atoms with E-state index in [9.17, 15) is 13.2 Å². The monoisotopic (exact) mass is 458 g/mol. The van der Waals surface area contributed by atoms with Crippen LogP contribution in [0.15, 0.2) is 53.4 Å². The number of amides is 2. The average molecular weight is 459 g/mol. The zero-order valence-electron chi connectivity index (χ0n) is 19.3. The van der Waals surface area contributed by atoms with Crippen LogP contribution in [-0.4, -0.2) is 67.8 Å². The Labute approximate surface area is 192 Å². The van der Waals surface area contributed by atoms with Crippen LogP contribution in [0, 0.1) is 6.92 Å². The molecule has 1 aliphatic heterocycles. The molecule has 1 saturated heterocycles. The van der Waals surface area contributed by atoms with E-state index < -0.39 is 10.0 Å². The van der Waals surface area contributed by atoms with Gasteiger partial charge in [-0.15, -0.1) is 0 Å². The first-order chi connectivity index (χ1) is 15.3. The first kappa shape index (κ1) is 24.2. The Morgan fingerprint density at radius 1 is 0.969 bits per heavy atom. The zero-order chi connectivity index (χ0) is 23.1. The molecule has 8 heteroatoms. The zero-order valence-corrected chi connectivity index (χ0v) is 20.1. The van der Waals surface area contributed by atoms with Gasteiger partial charge in [-0.3, -0.25) is 4.90 Å². The number of carbonyl (C=O) groups excluding carboxylic acids is 1. The van der Waals surface area contributed by atoms with E-state index in [2.05, 4.69) is 41.4 Å². The van der Waals surface area contributed by atoms with E-state index in [4.69, 9.17) is 0 Å². The summed E-state index contributed by atoms with van der Waals surface area (Å²) in [6, 6.07) is 15.2. The second-order valence-electron chi connectivity index (χ2n) is 8.14. The highest BCUT2D eigenvalue weighted by atomic mass is 32.2. The molecule has 2 amide bonds. The standard InChI is InChI=1S/C24H34N4O3S/c1-4-28(5-2)32(30,31)23-11-9-21(10-12-23)18-25-24(29)27-15-13-26(14-16-27)19-22-8-6-7-20(3)17-22/h6-12,17H,4-5,13-16,18-19H2,1-3H3,(H,25,29). The molecule has 0 unspecified atom stereocenters. The van der Waals surface area contributed by atoms with Crippen molar-refractivity contribution >= 4 is 16.1 Å². The minimum atomic E-state index is -3.46. The molecule has 2 aromatic rings. The Bertz CT molecular complexity index is 996. The lowest BCUT2D eigenvalue weighted by Gasteiger charge is -2.34. The topological polar surface area (TPSA) is 73.0 Å². The van der Waals surface area contributed by atoms with Gasteiger partial charge in [0.15, 0.2) is 0 Å². The van der Waals surface area contributed by atoms with Crippen LogP contribution in [0.5, 0.6) is 0 Å². The predicted molar refractivity (Wildman–Crippen MR) is 127 cm³/mol. The average Bonchev–Trinajstić information content (AvgIpc) is 2.79. The Balaban J connectivity index is 1.47. The fourth-order valence-corrected chi connectivity index (χ4v) is 5.42. The van der Waals surface area contributed by atoms with E-state index in [1.54, 1.807) is 24.3 Å². The van der Waals surface area contributed by atoms with Crippen molar-refractivity contribution in [1.82, 2.24) is 19.4 Å². The molecule has 0 spiro atoms. The lowest BCUT2D eigenvalue weighted by Crippen LogP contribution is -2.51. The maximum absolute atomic E-state index is 12.6. The fourth-order valence-electron chi connectivity index (χ4n) is 3.96. The van der Waals surface area contributed by atoms with E-state index in [1.807, 2.05) is 18.7 Å². The van der Waals surface area contributed by atoms with Gasteiger partial charge in [-0.25, -0.2) is 13.2 Å². The lowest BCUT2D eigenvalue weighted by atomic mass is 10.1. The maximum atomic E-state index is 12.6. The summed E-state index contributed by atoms with van der Waals surface area (Å²) >= 11 is 0. The van der Waals surface area contributed by atoms with Crippen molar-refractivity contribution in [3.63, 3.8) is 0 Å². The number of piperazine rings is 1. The predicted octanol–water partition coefficient (Wildman–Crippen LogP) is 3.05. The highest BCUT2D eigenvalue weighted by Gasteiger charge is 2.22. The molecule has 7 nitrogen and oxygen atoms in total. The van der Waals surface area contributed by atoms with E-state index in [0.29, 0.717) is 32.7 Å². The van der Waals surface area contributed by atoms with Gasteiger partial charge in [0.1, 0.15) is 0 Å². The van der Waals surface area contributed by atoms with Gasteiger partial charge in [-0.2, -0.15) is 4.31 Å². The molecule has 1 aliphatic rings. The van der Waals surface area contributed by atoms with Crippen LogP contribution >= 0.6 is 0 Å². The Kier molecular flexibility index (Phi) is 8.28. The third-order valence-electron chi connectivity index (χ3n) is 5.86. The number of aryl methyl sites for hydroxylation is 1. The molecule has 174 valence electrons. The van der Waals surface area contributed by atoms with Crippen LogP contribution in [0.4, 0.5) is 4.79 Å². The van der Waals surface area contributed by atoms with E-state index in [-0.39, 0.29) is 10.9 Å². The molecule has 2 aromatic carbocycles. The molecular formula is C24H34N4O3S. The molecule has 1 fully saturated rings. The summed E-state index contributed by atoms with van der Waals surface area (Å²) in [4.78, 5) is 17.1. The van der Waals surface area contributed by atoms with Crippen LogP contribution in [0.1, 0.15) is 30.5 Å². The van der Waals surface area contributed by atoms with Crippen molar-refractivity contribution in [2.75, 3.05) is 39.3 Å². The van der Waals surface area contributed by atoms with E-state index in [0.717, 1.165) is 25.2 Å². The molecule has 0 bridgehead atoms. The maximum Gasteiger partial charge on any atom is 0.317 e. The molecule has 1 heterocycles. The molecule has 0 atom stereocenters. The molecule has 0 radical (unpaired) electrons. The number of nitrogens with one attached hydrogen (secondary N) is 1. The molecule has 1 N–H and O–H groups in total.